The fraction of sp³-hybridized carbons (Fsp3) is 0.333. The molecule has 8 nitrogen and oxygen atoms in total. The van der Waals surface area contributed by atoms with E-state index in [4.69, 9.17) is 4.74 Å². The molecule has 198 valence electrons. The number of amides is 2. The second kappa shape index (κ2) is 12.4. The van der Waals surface area contributed by atoms with Crippen LogP contribution in [0.4, 0.5) is 5.82 Å². The molecule has 0 fully saturated rings. The van der Waals surface area contributed by atoms with E-state index in [1.807, 2.05) is 55.5 Å². The Morgan fingerprint density at radius 3 is 2.63 bits per heavy atom. The molecule has 38 heavy (non-hydrogen) atoms. The van der Waals surface area contributed by atoms with Gasteiger partial charge in [-0.1, -0.05) is 31.0 Å². The molecule has 4 rings (SSSR count). The molecule has 2 aromatic carbocycles. The number of pyridine rings is 1. The number of aromatic amines is 1. The molecule has 2 aromatic heterocycles. The Labute approximate surface area is 222 Å². The number of hydrogen-bond donors (Lipinski definition) is 3. The number of nitrogens with one attached hydrogen (secondary N) is 3. The van der Waals surface area contributed by atoms with E-state index in [0.717, 1.165) is 45.9 Å². The predicted octanol–water partition coefficient (Wildman–Crippen LogP) is 5.24. The molecule has 0 unspecified atom stereocenters. The van der Waals surface area contributed by atoms with E-state index >= 15 is 0 Å². The first-order chi connectivity index (χ1) is 18.3. The van der Waals surface area contributed by atoms with Crippen LogP contribution in [0, 0.1) is 6.92 Å². The smallest absolute Gasteiger partial charge is 0.248 e. The number of aryl methyl sites for hydroxylation is 1. The summed E-state index contributed by atoms with van der Waals surface area (Å²) in [4.78, 5) is 45.6. The van der Waals surface area contributed by atoms with Gasteiger partial charge in [0.05, 0.1) is 19.0 Å². The number of unbranched alkanes of at least 4 members (excludes halogenated alkanes) is 2. The second-order valence-corrected chi connectivity index (χ2v) is 9.62. The van der Waals surface area contributed by atoms with E-state index < -0.39 is 6.04 Å². The molecule has 3 N–H and O–H groups in total. The quantitative estimate of drug-likeness (QED) is 0.224. The van der Waals surface area contributed by atoms with Crippen molar-refractivity contribution in [2.24, 2.45) is 0 Å². The number of methoxy groups -OCH3 is 1. The highest BCUT2D eigenvalue weighted by Gasteiger charge is 2.22. The molecule has 4 aromatic rings. The Kier molecular flexibility index (Phi) is 8.73. The number of Topliss-reactive ketones (excluding diaryl/α,β-unsaturated/α-hetero) is 1. The largest absolute Gasteiger partial charge is 0.497 e. The number of carbonyl (C=O) groups excluding carboxylic acids is 3. The van der Waals surface area contributed by atoms with Crippen molar-refractivity contribution in [1.29, 1.82) is 0 Å². The Balaban J connectivity index is 1.47. The van der Waals surface area contributed by atoms with Crippen LogP contribution in [0.3, 0.4) is 0 Å². The lowest BCUT2D eigenvalue weighted by atomic mass is 10.0. The first-order valence-electron chi connectivity index (χ1n) is 12.9. The molecule has 0 saturated heterocycles. The van der Waals surface area contributed by atoms with Crippen molar-refractivity contribution in [1.82, 2.24) is 15.3 Å². The Morgan fingerprint density at radius 2 is 1.84 bits per heavy atom. The summed E-state index contributed by atoms with van der Waals surface area (Å²) in [5, 5.41) is 7.71. The number of nitrogens with zero attached hydrogens (tertiary/aromatic N) is 1. The van der Waals surface area contributed by atoms with Gasteiger partial charge in [0.15, 0.2) is 0 Å². The van der Waals surface area contributed by atoms with Crippen LogP contribution >= 0.6 is 0 Å². The van der Waals surface area contributed by atoms with Crippen LogP contribution in [0.2, 0.25) is 0 Å². The lowest BCUT2D eigenvalue weighted by Gasteiger charge is -2.19. The van der Waals surface area contributed by atoms with Crippen molar-refractivity contribution in [2.45, 2.75) is 58.4 Å². The van der Waals surface area contributed by atoms with Gasteiger partial charge >= 0.3 is 0 Å². The highest BCUT2D eigenvalue weighted by Crippen LogP contribution is 2.27. The van der Waals surface area contributed by atoms with Gasteiger partial charge in [-0.25, -0.2) is 4.98 Å². The Bertz CT molecular complexity index is 1460. The highest BCUT2D eigenvalue weighted by atomic mass is 16.5. The van der Waals surface area contributed by atoms with E-state index in [9.17, 15) is 14.4 Å². The average Bonchev–Trinajstić information content (AvgIpc) is 3.21. The molecule has 0 radical (unpaired) electrons. The molecule has 0 aliphatic rings. The molecule has 8 heteroatoms. The van der Waals surface area contributed by atoms with Gasteiger partial charge in [-0.15, -0.1) is 0 Å². The van der Waals surface area contributed by atoms with Crippen LogP contribution in [0.1, 0.15) is 50.3 Å². The lowest BCUT2D eigenvalue weighted by molar-refractivity contribution is -0.126. The maximum absolute atomic E-state index is 13.3. The van der Waals surface area contributed by atoms with Crippen LogP contribution in [-0.2, 0) is 20.8 Å². The summed E-state index contributed by atoms with van der Waals surface area (Å²) in [6, 6.07) is 16.3. The van der Waals surface area contributed by atoms with E-state index in [-0.39, 0.29) is 24.0 Å². The Morgan fingerprint density at radius 1 is 1.03 bits per heavy atom. The minimum absolute atomic E-state index is 0.126. The number of aromatic nitrogens is 2. The third-order valence-corrected chi connectivity index (χ3v) is 6.69. The molecule has 0 aliphatic heterocycles. The van der Waals surface area contributed by atoms with E-state index in [0.29, 0.717) is 30.8 Å². The minimum Gasteiger partial charge on any atom is -0.497 e. The van der Waals surface area contributed by atoms with E-state index in [2.05, 4.69) is 20.6 Å². The number of ketones is 1. The van der Waals surface area contributed by atoms with Crippen LogP contribution in [0.5, 0.6) is 5.75 Å². The van der Waals surface area contributed by atoms with Gasteiger partial charge in [-0.05, 0) is 68.7 Å². The van der Waals surface area contributed by atoms with Crippen molar-refractivity contribution in [3.8, 4) is 5.75 Å². The number of rotatable bonds is 12. The van der Waals surface area contributed by atoms with Crippen LogP contribution in [0.25, 0.3) is 21.8 Å². The van der Waals surface area contributed by atoms with Crippen LogP contribution in [0.15, 0.2) is 54.6 Å². The van der Waals surface area contributed by atoms with Crippen LogP contribution in [-0.4, -0.2) is 40.7 Å². The lowest BCUT2D eigenvalue weighted by Crippen LogP contribution is -2.44. The van der Waals surface area contributed by atoms with Gasteiger partial charge in [-0.2, -0.15) is 0 Å². The summed E-state index contributed by atoms with van der Waals surface area (Å²) in [6.07, 6.45) is 3.38. The van der Waals surface area contributed by atoms with Gasteiger partial charge in [0.2, 0.25) is 11.8 Å². The summed E-state index contributed by atoms with van der Waals surface area (Å²) >= 11 is 0. The van der Waals surface area contributed by atoms with Crippen molar-refractivity contribution in [3.63, 3.8) is 0 Å². The number of carbonyl (C=O) groups is 3. The van der Waals surface area contributed by atoms with Crippen molar-refractivity contribution in [2.75, 3.05) is 12.4 Å². The van der Waals surface area contributed by atoms with Crippen molar-refractivity contribution >= 4 is 45.2 Å². The normalized spacial score (nSPS) is 11.9. The first-order valence-corrected chi connectivity index (χ1v) is 12.9. The number of H-pyrrole nitrogens is 1. The molecular weight excluding hydrogens is 480 g/mol. The summed E-state index contributed by atoms with van der Waals surface area (Å²) in [5.74, 6) is 0.742. The summed E-state index contributed by atoms with van der Waals surface area (Å²) < 4.78 is 5.36. The number of ether oxygens (including phenoxy) is 1. The van der Waals surface area contributed by atoms with Crippen molar-refractivity contribution < 1.29 is 19.1 Å². The van der Waals surface area contributed by atoms with Gasteiger partial charge in [0.1, 0.15) is 23.4 Å². The standard InChI is InChI=1S/C30H34N4O4/c1-19(35)9-5-4-6-12-27(30(37)34-28-16-13-21-10-7-8-11-25(21)32-28)33-29(36)18-23-20(2)31-26-15-14-22(38-3)17-24(23)26/h7-8,10-11,13-17,27,31H,4-6,9,12,18H2,1-3H3,(H,33,36)(H,32,34,37)/t27-/m0/s1. The van der Waals surface area contributed by atoms with Crippen molar-refractivity contribution in [3.05, 3.63) is 65.9 Å². The summed E-state index contributed by atoms with van der Waals surface area (Å²) in [6.45, 7) is 3.51. The molecular formula is C30H34N4O4. The van der Waals surface area contributed by atoms with Crippen LogP contribution < -0.4 is 15.4 Å². The van der Waals surface area contributed by atoms with Gasteiger partial charge in [0, 0.05) is 28.4 Å². The van der Waals surface area contributed by atoms with Gasteiger partial charge in [0.25, 0.3) is 0 Å². The maximum atomic E-state index is 13.3. The zero-order valence-electron chi connectivity index (χ0n) is 22.1. The monoisotopic (exact) mass is 514 g/mol. The predicted molar refractivity (Wildman–Crippen MR) is 149 cm³/mol. The Hall–Kier alpha value is -4.20. The van der Waals surface area contributed by atoms with Gasteiger partial charge in [-0.3, -0.25) is 9.59 Å². The zero-order chi connectivity index (χ0) is 27.1. The molecule has 2 amide bonds. The fourth-order valence-electron chi connectivity index (χ4n) is 4.64. The summed E-state index contributed by atoms with van der Waals surface area (Å²) in [7, 11) is 1.61. The van der Waals surface area contributed by atoms with E-state index in [1.165, 1.54) is 0 Å². The molecule has 0 saturated carbocycles. The third kappa shape index (κ3) is 6.76. The maximum Gasteiger partial charge on any atom is 0.248 e. The zero-order valence-corrected chi connectivity index (χ0v) is 22.1. The number of benzene rings is 2. The number of hydrogen-bond acceptors (Lipinski definition) is 5. The molecule has 1 atom stereocenters. The number of para-hydroxylation sites is 1. The highest BCUT2D eigenvalue weighted by molar-refractivity contribution is 5.98. The fourth-order valence-corrected chi connectivity index (χ4v) is 4.64. The molecule has 0 spiro atoms. The SMILES string of the molecule is COc1ccc2[nH]c(C)c(CC(=O)N[C@@H](CCCCCC(C)=O)C(=O)Nc3ccc4ccccc4n3)c2c1. The van der Waals surface area contributed by atoms with Gasteiger partial charge < -0.3 is 25.1 Å². The molecule has 0 aliphatic carbocycles. The second-order valence-electron chi connectivity index (χ2n) is 9.62. The molecule has 0 bridgehead atoms. The topological polar surface area (TPSA) is 113 Å². The average molecular weight is 515 g/mol. The molecule has 2 heterocycles. The number of fused-ring (bicyclic) bond motifs is 2. The van der Waals surface area contributed by atoms with E-state index in [1.54, 1.807) is 20.1 Å². The summed E-state index contributed by atoms with van der Waals surface area (Å²) in [5.41, 5.74) is 3.47. The number of anilines is 1. The third-order valence-electron chi connectivity index (χ3n) is 6.69. The minimum atomic E-state index is -0.729. The first kappa shape index (κ1) is 26.9.